The van der Waals surface area contributed by atoms with Gasteiger partial charge in [-0.3, -0.25) is 4.79 Å². The maximum atomic E-state index is 12.7. The fourth-order valence-electron chi connectivity index (χ4n) is 2.33. The normalized spacial score (nSPS) is 10.7. The molecule has 116 valence electrons. The SMILES string of the molecule is Cc1nn(C(=O)c2ccccc2Cl)c(C)c1Sc1ccccc1. The van der Waals surface area contributed by atoms with Crippen LogP contribution in [-0.2, 0) is 0 Å². The molecule has 3 rings (SSSR count). The lowest BCUT2D eigenvalue weighted by Gasteiger charge is -2.06. The molecule has 0 radical (unpaired) electrons. The highest BCUT2D eigenvalue weighted by molar-refractivity contribution is 7.99. The molecule has 5 heteroatoms. The maximum Gasteiger partial charge on any atom is 0.279 e. The highest BCUT2D eigenvalue weighted by Gasteiger charge is 2.20. The lowest BCUT2D eigenvalue weighted by atomic mass is 10.2. The topological polar surface area (TPSA) is 34.9 Å². The van der Waals surface area contributed by atoms with Crippen LogP contribution in [0.4, 0.5) is 0 Å². The molecule has 3 nitrogen and oxygen atoms in total. The van der Waals surface area contributed by atoms with Crippen LogP contribution in [-0.4, -0.2) is 15.7 Å². The molecule has 0 aliphatic heterocycles. The Morgan fingerprint density at radius 2 is 1.70 bits per heavy atom. The molecule has 0 spiro atoms. The van der Waals surface area contributed by atoms with Gasteiger partial charge in [0.2, 0.25) is 0 Å². The fourth-order valence-corrected chi connectivity index (χ4v) is 3.50. The first-order chi connectivity index (χ1) is 11.1. The minimum Gasteiger partial charge on any atom is -0.267 e. The molecule has 0 saturated carbocycles. The highest BCUT2D eigenvalue weighted by Crippen LogP contribution is 2.33. The van der Waals surface area contributed by atoms with E-state index >= 15 is 0 Å². The zero-order chi connectivity index (χ0) is 16.4. The van der Waals surface area contributed by atoms with Crippen LogP contribution in [0, 0.1) is 13.8 Å². The summed E-state index contributed by atoms with van der Waals surface area (Å²) in [5.74, 6) is -0.212. The summed E-state index contributed by atoms with van der Waals surface area (Å²) in [6, 6.07) is 17.1. The van der Waals surface area contributed by atoms with E-state index in [1.807, 2.05) is 44.2 Å². The molecule has 0 aliphatic rings. The van der Waals surface area contributed by atoms with Crippen molar-refractivity contribution in [3.8, 4) is 0 Å². The molecule has 1 heterocycles. The number of nitrogens with zero attached hydrogens (tertiary/aromatic N) is 2. The van der Waals surface area contributed by atoms with Gasteiger partial charge in [0.1, 0.15) is 0 Å². The van der Waals surface area contributed by atoms with Crippen LogP contribution in [0.15, 0.2) is 64.4 Å². The Labute approximate surface area is 144 Å². The molecule has 0 bridgehead atoms. The van der Waals surface area contributed by atoms with Gasteiger partial charge < -0.3 is 0 Å². The standard InChI is InChI=1S/C18H15ClN2OS/c1-12-17(23-14-8-4-3-5-9-14)13(2)21(20-12)18(22)15-10-6-7-11-16(15)19/h3-11H,1-2H3. The van der Waals surface area contributed by atoms with E-state index in [1.165, 1.54) is 4.68 Å². The van der Waals surface area contributed by atoms with Gasteiger partial charge in [0, 0.05) is 4.90 Å². The van der Waals surface area contributed by atoms with Crippen LogP contribution in [0.1, 0.15) is 21.7 Å². The van der Waals surface area contributed by atoms with E-state index in [-0.39, 0.29) is 5.91 Å². The molecule has 0 N–H and O–H groups in total. The monoisotopic (exact) mass is 342 g/mol. The van der Waals surface area contributed by atoms with E-state index in [2.05, 4.69) is 5.10 Å². The smallest absolute Gasteiger partial charge is 0.267 e. The molecule has 1 aromatic heterocycles. The van der Waals surface area contributed by atoms with Gasteiger partial charge in [0.05, 0.1) is 26.9 Å². The number of hydrogen-bond acceptors (Lipinski definition) is 3. The minimum absolute atomic E-state index is 0.212. The number of rotatable bonds is 3. The average Bonchev–Trinajstić information content (AvgIpc) is 2.84. The lowest BCUT2D eigenvalue weighted by Crippen LogP contribution is -2.15. The molecule has 0 amide bonds. The summed E-state index contributed by atoms with van der Waals surface area (Å²) in [6.45, 7) is 3.81. The van der Waals surface area contributed by atoms with Crippen molar-refractivity contribution < 1.29 is 4.79 Å². The second-order valence-corrected chi connectivity index (χ2v) is 6.60. The van der Waals surface area contributed by atoms with Crippen molar-refractivity contribution in [3.05, 3.63) is 76.6 Å². The molecule has 0 aliphatic carbocycles. The average molecular weight is 343 g/mol. The van der Waals surface area contributed by atoms with E-state index in [9.17, 15) is 4.79 Å². The molecule has 0 saturated heterocycles. The lowest BCUT2D eigenvalue weighted by molar-refractivity contribution is 0.0942. The van der Waals surface area contributed by atoms with Crippen LogP contribution in [0.5, 0.6) is 0 Å². The van der Waals surface area contributed by atoms with Gasteiger partial charge in [-0.1, -0.05) is 53.7 Å². The van der Waals surface area contributed by atoms with Crippen LogP contribution in [0.3, 0.4) is 0 Å². The van der Waals surface area contributed by atoms with Crippen molar-refractivity contribution >= 4 is 29.3 Å². The predicted octanol–water partition coefficient (Wildman–Crippen LogP) is 4.99. The first-order valence-electron chi connectivity index (χ1n) is 7.16. The Hall–Kier alpha value is -2.04. The number of hydrogen-bond donors (Lipinski definition) is 0. The van der Waals surface area contributed by atoms with E-state index in [0.29, 0.717) is 10.6 Å². The van der Waals surface area contributed by atoms with Gasteiger partial charge in [-0.25, -0.2) is 0 Å². The number of carbonyl (C=O) groups is 1. The van der Waals surface area contributed by atoms with Gasteiger partial charge in [-0.15, -0.1) is 0 Å². The molecule has 23 heavy (non-hydrogen) atoms. The van der Waals surface area contributed by atoms with Gasteiger partial charge >= 0.3 is 0 Å². The number of benzene rings is 2. The van der Waals surface area contributed by atoms with Crippen molar-refractivity contribution in [2.75, 3.05) is 0 Å². The first kappa shape index (κ1) is 15.8. The number of aromatic nitrogens is 2. The Kier molecular flexibility index (Phi) is 4.55. The van der Waals surface area contributed by atoms with E-state index in [1.54, 1.807) is 36.0 Å². The fraction of sp³-hybridized carbons (Fsp3) is 0.111. The summed E-state index contributed by atoms with van der Waals surface area (Å²) in [7, 11) is 0. The Morgan fingerprint density at radius 1 is 1.04 bits per heavy atom. The Morgan fingerprint density at radius 3 is 2.39 bits per heavy atom. The second-order valence-electron chi connectivity index (χ2n) is 5.11. The summed E-state index contributed by atoms with van der Waals surface area (Å²) in [5.41, 5.74) is 2.11. The van der Waals surface area contributed by atoms with Gasteiger partial charge in [-0.2, -0.15) is 9.78 Å². The van der Waals surface area contributed by atoms with Gasteiger partial charge in [0.25, 0.3) is 5.91 Å². The van der Waals surface area contributed by atoms with Crippen LogP contribution >= 0.6 is 23.4 Å². The third-order valence-electron chi connectivity index (χ3n) is 3.48. The first-order valence-corrected chi connectivity index (χ1v) is 8.35. The zero-order valence-electron chi connectivity index (χ0n) is 12.8. The van der Waals surface area contributed by atoms with Crippen LogP contribution in [0.25, 0.3) is 0 Å². The van der Waals surface area contributed by atoms with Crippen molar-refractivity contribution in [1.82, 2.24) is 9.78 Å². The van der Waals surface area contributed by atoms with E-state index in [4.69, 9.17) is 11.6 Å². The molecular weight excluding hydrogens is 328 g/mol. The molecule has 0 fully saturated rings. The number of carbonyl (C=O) groups excluding carboxylic acids is 1. The van der Waals surface area contributed by atoms with Crippen molar-refractivity contribution in [1.29, 1.82) is 0 Å². The highest BCUT2D eigenvalue weighted by atomic mass is 35.5. The quantitative estimate of drug-likeness (QED) is 0.672. The van der Waals surface area contributed by atoms with E-state index < -0.39 is 0 Å². The zero-order valence-corrected chi connectivity index (χ0v) is 14.4. The molecule has 0 unspecified atom stereocenters. The Balaban J connectivity index is 1.98. The molecular formula is C18H15ClN2OS. The van der Waals surface area contributed by atoms with Gasteiger partial charge in [0.15, 0.2) is 0 Å². The van der Waals surface area contributed by atoms with Crippen LogP contribution in [0.2, 0.25) is 5.02 Å². The summed E-state index contributed by atoms with van der Waals surface area (Å²) in [5, 5.41) is 4.84. The summed E-state index contributed by atoms with van der Waals surface area (Å²) in [4.78, 5) is 14.8. The third kappa shape index (κ3) is 3.19. The van der Waals surface area contributed by atoms with Crippen molar-refractivity contribution in [2.24, 2.45) is 0 Å². The Bertz CT molecular complexity index is 859. The molecule has 3 aromatic rings. The summed E-state index contributed by atoms with van der Waals surface area (Å²) in [6.07, 6.45) is 0. The molecule has 2 aromatic carbocycles. The van der Waals surface area contributed by atoms with Gasteiger partial charge in [-0.05, 0) is 38.1 Å². The van der Waals surface area contributed by atoms with E-state index in [0.717, 1.165) is 21.2 Å². The second kappa shape index (κ2) is 6.60. The number of halogens is 1. The minimum atomic E-state index is -0.212. The summed E-state index contributed by atoms with van der Waals surface area (Å²) >= 11 is 7.74. The van der Waals surface area contributed by atoms with Crippen molar-refractivity contribution in [3.63, 3.8) is 0 Å². The van der Waals surface area contributed by atoms with Crippen LogP contribution < -0.4 is 0 Å². The largest absolute Gasteiger partial charge is 0.279 e. The third-order valence-corrected chi connectivity index (χ3v) is 5.12. The maximum absolute atomic E-state index is 12.7. The number of aryl methyl sites for hydroxylation is 1. The summed E-state index contributed by atoms with van der Waals surface area (Å²) < 4.78 is 1.43. The molecule has 0 atom stereocenters. The predicted molar refractivity (Wildman–Crippen MR) is 93.4 cm³/mol. The van der Waals surface area contributed by atoms with Crippen molar-refractivity contribution in [2.45, 2.75) is 23.6 Å².